The number of aryl methyl sites for hydroxylation is 1. The average Bonchev–Trinajstić information content (AvgIpc) is 2.61. The molecule has 1 aliphatic heterocycles. The van der Waals surface area contributed by atoms with Crippen LogP contribution in [0.3, 0.4) is 0 Å². The minimum atomic E-state index is -1.39. The quantitative estimate of drug-likeness (QED) is 0.640. The molecule has 2 heterocycles. The summed E-state index contributed by atoms with van der Waals surface area (Å²) in [5.41, 5.74) is 4.96. The maximum Gasteiger partial charge on any atom is 0.323 e. The summed E-state index contributed by atoms with van der Waals surface area (Å²) in [6.07, 6.45) is 1.76. The number of pyridine rings is 1. The van der Waals surface area contributed by atoms with Crippen molar-refractivity contribution in [2.45, 2.75) is 46.0 Å². The first kappa shape index (κ1) is 15.6. The molecule has 2 amide bonds. The molecule has 2 rings (SSSR count). The van der Waals surface area contributed by atoms with Crippen LogP contribution >= 0.6 is 0 Å². The van der Waals surface area contributed by atoms with E-state index in [4.69, 9.17) is 0 Å². The van der Waals surface area contributed by atoms with Crippen molar-refractivity contribution in [3.05, 3.63) is 23.4 Å². The fourth-order valence-electron chi connectivity index (χ4n) is 2.24. The van der Waals surface area contributed by atoms with Crippen molar-refractivity contribution in [2.75, 3.05) is 11.4 Å². The van der Waals surface area contributed by atoms with E-state index < -0.39 is 8.07 Å². The molecule has 0 aromatic carbocycles. The standard InChI is InChI=1S/C16H23N3OSi/c1-12-9-13(7-8-21(4,5)6)10-17-14(12)19-15(20)18-11-16(19,2)3/h9-10H,11H2,1-6H3,(H,18,20). The predicted molar refractivity (Wildman–Crippen MR) is 89.2 cm³/mol. The summed E-state index contributed by atoms with van der Waals surface area (Å²) in [5.74, 6) is 3.92. The van der Waals surface area contributed by atoms with Crippen LogP contribution in [0, 0.1) is 18.4 Å². The Hall–Kier alpha value is -1.80. The van der Waals surface area contributed by atoms with Crippen LogP contribution in [0.4, 0.5) is 10.6 Å². The number of anilines is 1. The van der Waals surface area contributed by atoms with Crippen molar-refractivity contribution in [3.8, 4) is 11.5 Å². The fraction of sp³-hybridized carbons (Fsp3) is 0.500. The number of carbonyl (C=O) groups is 1. The molecule has 0 atom stereocenters. The molecule has 1 aromatic heterocycles. The molecule has 4 nitrogen and oxygen atoms in total. The van der Waals surface area contributed by atoms with E-state index in [1.54, 1.807) is 11.1 Å². The highest BCUT2D eigenvalue weighted by Gasteiger charge is 2.40. The first-order chi connectivity index (χ1) is 9.60. The van der Waals surface area contributed by atoms with Gasteiger partial charge < -0.3 is 5.32 Å². The number of nitrogens with zero attached hydrogens (tertiary/aromatic N) is 2. The first-order valence-corrected chi connectivity index (χ1v) is 10.7. The molecule has 21 heavy (non-hydrogen) atoms. The van der Waals surface area contributed by atoms with Crippen LogP contribution in [-0.4, -0.2) is 31.2 Å². The molecule has 0 aliphatic carbocycles. The summed E-state index contributed by atoms with van der Waals surface area (Å²) in [4.78, 5) is 18.3. The SMILES string of the molecule is Cc1cc(C#C[Si](C)(C)C)cnc1N1C(=O)NCC1(C)C. The van der Waals surface area contributed by atoms with Gasteiger partial charge in [0.2, 0.25) is 0 Å². The van der Waals surface area contributed by atoms with Gasteiger partial charge in [0, 0.05) is 18.3 Å². The lowest BCUT2D eigenvalue weighted by Crippen LogP contribution is -2.43. The zero-order chi connectivity index (χ0) is 15.8. The van der Waals surface area contributed by atoms with Crippen molar-refractivity contribution < 1.29 is 4.79 Å². The number of aromatic nitrogens is 1. The second-order valence-corrected chi connectivity index (χ2v) is 11.9. The van der Waals surface area contributed by atoms with Crippen molar-refractivity contribution in [3.63, 3.8) is 0 Å². The Balaban J connectivity index is 2.36. The Kier molecular flexibility index (Phi) is 3.85. The third-order valence-electron chi connectivity index (χ3n) is 3.32. The van der Waals surface area contributed by atoms with Crippen molar-refractivity contribution in [2.24, 2.45) is 0 Å². The van der Waals surface area contributed by atoms with Crippen LogP contribution in [0.1, 0.15) is 25.0 Å². The van der Waals surface area contributed by atoms with Gasteiger partial charge in [-0.05, 0) is 32.4 Å². The molecular formula is C16H23N3OSi. The van der Waals surface area contributed by atoms with Gasteiger partial charge in [-0.25, -0.2) is 9.78 Å². The van der Waals surface area contributed by atoms with Gasteiger partial charge in [-0.3, -0.25) is 4.90 Å². The van der Waals surface area contributed by atoms with Crippen LogP contribution in [0.2, 0.25) is 19.6 Å². The summed E-state index contributed by atoms with van der Waals surface area (Å²) in [6.45, 7) is 13.3. The van der Waals surface area contributed by atoms with E-state index in [-0.39, 0.29) is 11.6 Å². The van der Waals surface area contributed by atoms with Crippen LogP contribution in [0.5, 0.6) is 0 Å². The molecule has 0 saturated carbocycles. The van der Waals surface area contributed by atoms with Gasteiger partial charge in [0.1, 0.15) is 13.9 Å². The van der Waals surface area contributed by atoms with E-state index in [9.17, 15) is 4.79 Å². The largest absolute Gasteiger partial charge is 0.335 e. The summed E-state index contributed by atoms with van der Waals surface area (Å²) in [5, 5.41) is 2.87. The number of carbonyl (C=O) groups excluding carboxylic acids is 1. The van der Waals surface area contributed by atoms with E-state index in [1.807, 2.05) is 26.8 Å². The molecule has 1 N–H and O–H groups in total. The number of rotatable bonds is 1. The maximum absolute atomic E-state index is 12.0. The van der Waals surface area contributed by atoms with E-state index in [2.05, 4.69) is 41.4 Å². The Morgan fingerprint density at radius 2 is 2.05 bits per heavy atom. The third-order valence-corrected chi connectivity index (χ3v) is 4.20. The normalized spacial score (nSPS) is 17.2. The van der Waals surface area contributed by atoms with Crippen molar-refractivity contribution in [1.29, 1.82) is 0 Å². The Morgan fingerprint density at radius 1 is 1.38 bits per heavy atom. The van der Waals surface area contributed by atoms with E-state index in [1.165, 1.54) is 0 Å². The molecule has 0 radical (unpaired) electrons. The molecule has 5 heteroatoms. The minimum absolute atomic E-state index is 0.0865. The molecule has 0 bridgehead atoms. The lowest BCUT2D eigenvalue weighted by Gasteiger charge is -2.29. The second kappa shape index (κ2) is 5.19. The van der Waals surface area contributed by atoms with Gasteiger partial charge in [-0.15, -0.1) is 5.54 Å². The minimum Gasteiger partial charge on any atom is -0.335 e. The van der Waals surface area contributed by atoms with E-state index in [0.29, 0.717) is 12.4 Å². The van der Waals surface area contributed by atoms with Gasteiger partial charge in [-0.2, -0.15) is 0 Å². The molecule has 0 unspecified atom stereocenters. The molecule has 112 valence electrons. The van der Waals surface area contributed by atoms with Crippen LogP contribution < -0.4 is 10.2 Å². The molecule has 1 aromatic rings. The van der Waals surface area contributed by atoms with Crippen LogP contribution in [0.25, 0.3) is 0 Å². The molecule has 0 spiro atoms. The highest BCUT2D eigenvalue weighted by Crippen LogP contribution is 2.28. The Morgan fingerprint density at radius 3 is 2.52 bits per heavy atom. The molecule has 1 fully saturated rings. The summed E-state index contributed by atoms with van der Waals surface area (Å²) < 4.78 is 0. The second-order valence-electron chi connectivity index (χ2n) is 7.17. The smallest absolute Gasteiger partial charge is 0.323 e. The van der Waals surface area contributed by atoms with Gasteiger partial charge >= 0.3 is 6.03 Å². The third kappa shape index (κ3) is 3.45. The van der Waals surface area contributed by atoms with Crippen LogP contribution in [0.15, 0.2) is 12.3 Å². The number of urea groups is 1. The predicted octanol–water partition coefficient (Wildman–Crippen LogP) is 2.93. The van der Waals surface area contributed by atoms with Crippen LogP contribution in [-0.2, 0) is 0 Å². The first-order valence-electron chi connectivity index (χ1n) is 7.18. The van der Waals surface area contributed by atoms with E-state index >= 15 is 0 Å². The maximum atomic E-state index is 12.0. The zero-order valence-electron chi connectivity index (χ0n) is 13.7. The molecule has 1 saturated heterocycles. The number of nitrogens with one attached hydrogen (secondary N) is 1. The lowest BCUT2D eigenvalue weighted by molar-refractivity contribution is 0.251. The van der Waals surface area contributed by atoms with E-state index in [0.717, 1.165) is 11.1 Å². The number of hydrogen-bond acceptors (Lipinski definition) is 2. The van der Waals surface area contributed by atoms with Crippen molar-refractivity contribution in [1.82, 2.24) is 10.3 Å². The monoisotopic (exact) mass is 301 g/mol. The summed E-state index contributed by atoms with van der Waals surface area (Å²) >= 11 is 0. The van der Waals surface area contributed by atoms with Crippen molar-refractivity contribution >= 4 is 19.9 Å². The Labute approximate surface area is 128 Å². The fourth-order valence-corrected chi connectivity index (χ4v) is 2.76. The average molecular weight is 301 g/mol. The topological polar surface area (TPSA) is 45.2 Å². The summed E-state index contributed by atoms with van der Waals surface area (Å²) in [6, 6.07) is 1.92. The highest BCUT2D eigenvalue weighted by molar-refractivity contribution is 6.83. The lowest BCUT2D eigenvalue weighted by atomic mass is 10.0. The van der Waals surface area contributed by atoms with Gasteiger partial charge in [0.05, 0.1) is 5.54 Å². The number of amides is 2. The molecule has 1 aliphatic rings. The van der Waals surface area contributed by atoms with Gasteiger partial charge in [0.15, 0.2) is 0 Å². The zero-order valence-corrected chi connectivity index (χ0v) is 14.7. The van der Waals surface area contributed by atoms with Gasteiger partial charge in [-0.1, -0.05) is 25.6 Å². The molecular weight excluding hydrogens is 278 g/mol. The van der Waals surface area contributed by atoms with Gasteiger partial charge in [0.25, 0.3) is 0 Å². The number of hydrogen-bond donors (Lipinski definition) is 1. The summed E-state index contributed by atoms with van der Waals surface area (Å²) in [7, 11) is -1.39. The highest BCUT2D eigenvalue weighted by atomic mass is 28.3. The Bertz CT molecular complexity index is 635.